The second-order valence-corrected chi connectivity index (χ2v) is 8.88. The molecule has 0 unspecified atom stereocenters. The van der Waals surface area contributed by atoms with Crippen LogP contribution in [0.5, 0.6) is 5.88 Å². The molecule has 3 rings (SSSR count). The van der Waals surface area contributed by atoms with E-state index in [-0.39, 0.29) is 16.8 Å². The van der Waals surface area contributed by atoms with Crippen LogP contribution in [0, 0.1) is 0 Å². The van der Waals surface area contributed by atoms with Crippen molar-refractivity contribution in [2.24, 2.45) is 0 Å². The number of ether oxygens (including phenoxy) is 1. The summed E-state index contributed by atoms with van der Waals surface area (Å²) in [6.07, 6.45) is 6.31. The molecule has 0 atom stereocenters. The van der Waals surface area contributed by atoms with Crippen molar-refractivity contribution in [3.63, 3.8) is 0 Å². The molecule has 0 saturated heterocycles. The van der Waals surface area contributed by atoms with Crippen LogP contribution in [0.1, 0.15) is 54.9 Å². The maximum atomic E-state index is 12.6. The number of pyridine rings is 1. The van der Waals surface area contributed by atoms with Gasteiger partial charge in [0, 0.05) is 30.4 Å². The highest BCUT2D eigenvalue weighted by atomic mass is 32.2. The Hall–Kier alpha value is -2.45. The van der Waals surface area contributed by atoms with Gasteiger partial charge in [0.2, 0.25) is 15.9 Å². The van der Waals surface area contributed by atoms with Crippen LogP contribution < -0.4 is 14.8 Å². The van der Waals surface area contributed by atoms with Gasteiger partial charge in [-0.3, -0.25) is 4.79 Å². The lowest BCUT2D eigenvalue weighted by atomic mass is 10.2. The van der Waals surface area contributed by atoms with Gasteiger partial charge in [0.1, 0.15) is 0 Å². The zero-order chi connectivity index (χ0) is 20.7. The van der Waals surface area contributed by atoms with Gasteiger partial charge in [0.15, 0.2) is 0 Å². The van der Waals surface area contributed by atoms with Crippen LogP contribution in [-0.4, -0.2) is 32.0 Å². The van der Waals surface area contributed by atoms with E-state index in [4.69, 9.17) is 4.74 Å². The Labute approximate surface area is 171 Å². The predicted molar refractivity (Wildman–Crippen MR) is 110 cm³/mol. The third-order valence-corrected chi connectivity index (χ3v) is 6.31. The van der Waals surface area contributed by atoms with Gasteiger partial charge in [-0.2, -0.15) is 0 Å². The number of nitrogens with one attached hydrogen (secondary N) is 2. The molecule has 1 saturated carbocycles. The largest absolute Gasteiger partial charge is 0.478 e. The smallest absolute Gasteiger partial charge is 0.251 e. The summed E-state index contributed by atoms with van der Waals surface area (Å²) in [6.45, 7) is 2.89. The van der Waals surface area contributed by atoms with E-state index in [9.17, 15) is 13.2 Å². The molecular formula is C21H27N3O4S. The molecule has 1 heterocycles. The Morgan fingerprint density at radius 1 is 1.21 bits per heavy atom. The number of rotatable bonds is 9. The summed E-state index contributed by atoms with van der Waals surface area (Å²) in [6, 6.07) is 9.67. The van der Waals surface area contributed by atoms with Gasteiger partial charge in [-0.15, -0.1) is 0 Å². The standard InChI is InChI=1S/C21H27N3O4S/c1-2-12-28-20-13-16(10-11-22-20)15-23-21(25)17-6-5-9-19(14-17)29(26,27)24-18-7-3-4-8-18/h5-6,9-11,13-14,18,24H,2-4,7-8,12,15H2,1H3,(H,23,25). The number of sulfonamides is 1. The summed E-state index contributed by atoms with van der Waals surface area (Å²) < 4.78 is 33.4. The van der Waals surface area contributed by atoms with E-state index in [1.807, 2.05) is 6.92 Å². The first-order valence-corrected chi connectivity index (χ1v) is 11.4. The zero-order valence-electron chi connectivity index (χ0n) is 16.6. The van der Waals surface area contributed by atoms with Crippen LogP contribution in [0.3, 0.4) is 0 Å². The molecule has 2 N–H and O–H groups in total. The van der Waals surface area contributed by atoms with Gasteiger partial charge >= 0.3 is 0 Å². The van der Waals surface area contributed by atoms with Crippen molar-refractivity contribution in [1.82, 2.24) is 15.0 Å². The van der Waals surface area contributed by atoms with Crippen molar-refractivity contribution in [2.75, 3.05) is 6.61 Å². The highest BCUT2D eigenvalue weighted by molar-refractivity contribution is 7.89. The van der Waals surface area contributed by atoms with Crippen LogP contribution in [0.25, 0.3) is 0 Å². The van der Waals surface area contributed by atoms with Crippen LogP contribution in [-0.2, 0) is 16.6 Å². The molecule has 156 valence electrons. The molecule has 1 fully saturated rings. The van der Waals surface area contributed by atoms with E-state index in [1.54, 1.807) is 30.5 Å². The lowest BCUT2D eigenvalue weighted by Gasteiger charge is -2.13. The van der Waals surface area contributed by atoms with Crippen molar-refractivity contribution in [1.29, 1.82) is 0 Å². The predicted octanol–water partition coefficient (Wildman–Crippen LogP) is 3.02. The van der Waals surface area contributed by atoms with Crippen LogP contribution >= 0.6 is 0 Å². The first-order chi connectivity index (χ1) is 14.0. The van der Waals surface area contributed by atoms with E-state index in [1.165, 1.54) is 12.1 Å². The van der Waals surface area contributed by atoms with Gasteiger partial charge in [-0.1, -0.05) is 25.8 Å². The lowest BCUT2D eigenvalue weighted by Crippen LogP contribution is -2.32. The Morgan fingerprint density at radius 3 is 2.76 bits per heavy atom. The summed E-state index contributed by atoms with van der Waals surface area (Å²) in [7, 11) is -3.64. The average Bonchev–Trinajstić information content (AvgIpc) is 3.23. The normalized spacial score (nSPS) is 14.7. The average molecular weight is 418 g/mol. The monoisotopic (exact) mass is 417 g/mol. The number of hydrogen-bond donors (Lipinski definition) is 2. The summed E-state index contributed by atoms with van der Waals surface area (Å²) in [4.78, 5) is 16.8. The summed E-state index contributed by atoms with van der Waals surface area (Å²) >= 11 is 0. The molecule has 1 aromatic heterocycles. The minimum Gasteiger partial charge on any atom is -0.478 e. The third-order valence-electron chi connectivity index (χ3n) is 4.79. The Balaban J connectivity index is 1.63. The van der Waals surface area contributed by atoms with Crippen molar-refractivity contribution in [3.8, 4) is 5.88 Å². The van der Waals surface area contributed by atoms with Crippen molar-refractivity contribution < 1.29 is 17.9 Å². The molecular weight excluding hydrogens is 390 g/mol. The molecule has 1 amide bonds. The fourth-order valence-corrected chi connectivity index (χ4v) is 4.62. The maximum Gasteiger partial charge on any atom is 0.251 e. The van der Waals surface area contributed by atoms with Crippen molar-refractivity contribution in [2.45, 2.75) is 56.5 Å². The van der Waals surface area contributed by atoms with E-state index in [2.05, 4.69) is 15.0 Å². The van der Waals surface area contributed by atoms with Gasteiger partial charge in [-0.25, -0.2) is 18.1 Å². The van der Waals surface area contributed by atoms with Crippen LogP contribution in [0.2, 0.25) is 0 Å². The Morgan fingerprint density at radius 2 is 2.00 bits per heavy atom. The Bertz CT molecular complexity index is 940. The number of benzene rings is 1. The van der Waals surface area contributed by atoms with Crippen molar-refractivity contribution >= 4 is 15.9 Å². The number of amides is 1. The number of hydrogen-bond acceptors (Lipinski definition) is 5. The quantitative estimate of drug-likeness (QED) is 0.654. The first-order valence-electron chi connectivity index (χ1n) is 9.96. The van der Waals surface area contributed by atoms with E-state index in [0.717, 1.165) is 37.7 Å². The highest BCUT2D eigenvalue weighted by Crippen LogP contribution is 2.21. The fourth-order valence-electron chi connectivity index (χ4n) is 3.27. The second kappa shape index (κ2) is 9.84. The minimum atomic E-state index is -3.64. The fraction of sp³-hybridized carbons (Fsp3) is 0.429. The zero-order valence-corrected chi connectivity index (χ0v) is 17.4. The van der Waals surface area contributed by atoms with Crippen LogP contribution in [0.15, 0.2) is 47.5 Å². The van der Waals surface area contributed by atoms with Gasteiger partial charge in [0.05, 0.1) is 11.5 Å². The first kappa shape index (κ1) is 21.3. The highest BCUT2D eigenvalue weighted by Gasteiger charge is 2.23. The van der Waals surface area contributed by atoms with Crippen molar-refractivity contribution in [3.05, 3.63) is 53.7 Å². The molecule has 1 aliphatic rings. The number of carbonyl (C=O) groups excluding carboxylic acids is 1. The molecule has 2 aromatic rings. The molecule has 1 aliphatic carbocycles. The lowest BCUT2D eigenvalue weighted by molar-refractivity contribution is 0.0950. The van der Waals surface area contributed by atoms with E-state index < -0.39 is 10.0 Å². The van der Waals surface area contributed by atoms with Crippen LogP contribution in [0.4, 0.5) is 0 Å². The van der Waals surface area contributed by atoms with E-state index >= 15 is 0 Å². The molecule has 0 aliphatic heterocycles. The molecule has 1 aromatic carbocycles. The number of aromatic nitrogens is 1. The molecule has 0 spiro atoms. The summed E-state index contributed by atoms with van der Waals surface area (Å²) in [5.41, 5.74) is 1.15. The summed E-state index contributed by atoms with van der Waals surface area (Å²) in [5, 5.41) is 2.81. The maximum absolute atomic E-state index is 12.6. The number of nitrogens with zero attached hydrogens (tertiary/aromatic N) is 1. The SMILES string of the molecule is CCCOc1cc(CNC(=O)c2cccc(S(=O)(=O)NC3CCCC3)c2)ccn1. The molecule has 7 nitrogen and oxygen atoms in total. The van der Waals surface area contributed by atoms with E-state index in [0.29, 0.717) is 24.6 Å². The molecule has 0 radical (unpaired) electrons. The van der Waals surface area contributed by atoms with Gasteiger partial charge in [-0.05, 0) is 49.1 Å². The van der Waals surface area contributed by atoms with Gasteiger partial charge < -0.3 is 10.1 Å². The van der Waals surface area contributed by atoms with Gasteiger partial charge in [0.25, 0.3) is 5.91 Å². The minimum absolute atomic E-state index is 0.0201. The summed E-state index contributed by atoms with van der Waals surface area (Å²) in [5.74, 6) is 0.181. The number of carbonyl (C=O) groups is 1. The molecule has 8 heteroatoms. The topological polar surface area (TPSA) is 97.4 Å². The Kier molecular flexibility index (Phi) is 7.22. The molecule has 29 heavy (non-hydrogen) atoms. The second-order valence-electron chi connectivity index (χ2n) is 7.16. The third kappa shape index (κ3) is 6.01. The molecule has 0 bridgehead atoms.